The molecule has 1 unspecified atom stereocenters. The van der Waals surface area contributed by atoms with E-state index in [2.05, 4.69) is 32.9 Å². The van der Waals surface area contributed by atoms with E-state index in [0.29, 0.717) is 11.1 Å². The minimum atomic E-state index is 0.410. The number of anilines is 2. The number of hydrogen-bond acceptors (Lipinski definition) is 6. The Labute approximate surface area is 166 Å². The zero-order chi connectivity index (χ0) is 19.4. The number of hydrogen-bond donors (Lipinski definition) is 0. The van der Waals surface area contributed by atoms with E-state index in [-0.39, 0.29) is 0 Å². The fourth-order valence-electron chi connectivity index (χ4n) is 3.51. The summed E-state index contributed by atoms with van der Waals surface area (Å²) in [6.45, 7) is 2.88. The molecule has 27 heavy (non-hydrogen) atoms. The van der Waals surface area contributed by atoms with Gasteiger partial charge in [0.2, 0.25) is 5.95 Å². The lowest BCUT2D eigenvalue weighted by atomic mass is 10.0. The van der Waals surface area contributed by atoms with Crippen molar-refractivity contribution in [3.8, 4) is 5.75 Å². The molecule has 1 aliphatic rings. The Morgan fingerprint density at radius 2 is 2.07 bits per heavy atom. The number of benzene rings is 1. The van der Waals surface area contributed by atoms with Crippen LogP contribution in [0.15, 0.2) is 30.5 Å². The van der Waals surface area contributed by atoms with Crippen molar-refractivity contribution in [2.75, 3.05) is 51.1 Å². The monoisotopic (exact) mass is 389 g/mol. The highest BCUT2D eigenvalue weighted by atomic mass is 35.5. The van der Waals surface area contributed by atoms with Gasteiger partial charge in [-0.05, 0) is 37.1 Å². The summed E-state index contributed by atoms with van der Waals surface area (Å²) in [5.41, 5.74) is 1.11. The predicted molar refractivity (Wildman–Crippen MR) is 111 cm³/mol. The molecular formula is C20H28ClN5O. The van der Waals surface area contributed by atoms with Crippen LogP contribution in [-0.4, -0.2) is 62.3 Å². The van der Waals surface area contributed by atoms with E-state index >= 15 is 0 Å². The van der Waals surface area contributed by atoms with Gasteiger partial charge < -0.3 is 14.5 Å². The first-order valence-corrected chi connectivity index (χ1v) is 9.64. The van der Waals surface area contributed by atoms with E-state index in [1.165, 1.54) is 0 Å². The number of likely N-dealkylation sites (tertiary alicyclic amines) is 1. The molecule has 0 amide bonds. The number of halogens is 1. The van der Waals surface area contributed by atoms with Crippen molar-refractivity contribution in [1.29, 1.82) is 0 Å². The first-order valence-electron chi connectivity index (χ1n) is 9.26. The molecule has 0 saturated carbocycles. The maximum absolute atomic E-state index is 6.49. The normalized spacial score (nSPS) is 17.6. The average molecular weight is 390 g/mol. The number of aromatic nitrogens is 2. The third-order valence-corrected chi connectivity index (χ3v) is 5.50. The molecular weight excluding hydrogens is 362 g/mol. The molecule has 146 valence electrons. The number of likely N-dealkylation sites (N-methyl/N-ethyl adjacent to an activating group) is 1. The molecule has 0 spiro atoms. The summed E-state index contributed by atoms with van der Waals surface area (Å²) in [5, 5.41) is 0.710. The third-order valence-electron chi connectivity index (χ3n) is 5.08. The molecule has 7 heteroatoms. The second-order valence-electron chi connectivity index (χ2n) is 7.18. The number of piperidine rings is 1. The Kier molecular flexibility index (Phi) is 6.39. The molecule has 1 atom stereocenters. The van der Waals surface area contributed by atoms with Gasteiger partial charge in [-0.2, -0.15) is 4.98 Å². The van der Waals surface area contributed by atoms with Crippen LogP contribution in [0.4, 0.5) is 11.8 Å². The summed E-state index contributed by atoms with van der Waals surface area (Å²) in [5.74, 6) is 2.42. The van der Waals surface area contributed by atoms with Gasteiger partial charge in [0.25, 0.3) is 0 Å². The summed E-state index contributed by atoms with van der Waals surface area (Å²) in [7, 11) is 7.69. The quantitative estimate of drug-likeness (QED) is 0.755. The zero-order valence-corrected chi connectivity index (χ0v) is 17.3. The first-order chi connectivity index (χ1) is 13.0. The van der Waals surface area contributed by atoms with Crippen LogP contribution in [0, 0.1) is 0 Å². The van der Waals surface area contributed by atoms with E-state index in [1.807, 2.05) is 43.4 Å². The van der Waals surface area contributed by atoms with Crippen LogP contribution in [0.25, 0.3) is 0 Å². The SMILES string of the molecule is COc1cccc(CN2CCCC(N(C)c3ccnc(N(C)C)n3)C2)c1Cl. The number of rotatable bonds is 6. The van der Waals surface area contributed by atoms with Crippen molar-refractivity contribution in [2.24, 2.45) is 0 Å². The van der Waals surface area contributed by atoms with Crippen LogP contribution < -0.4 is 14.5 Å². The lowest BCUT2D eigenvalue weighted by molar-refractivity contribution is 0.198. The van der Waals surface area contributed by atoms with Crippen molar-refractivity contribution >= 4 is 23.4 Å². The molecule has 0 radical (unpaired) electrons. The number of ether oxygens (including phenoxy) is 1. The molecule has 6 nitrogen and oxygen atoms in total. The molecule has 1 aromatic heterocycles. The van der Waals surface area contributed by atoms with Gasteiger partial charge >= 0.3 is 0 Å². The second kappa shape index (κ2) is 8.76. The van der Waals surface area contributed by atoms with Crippen molar-refractivity contribution in [2.45, 2.75) is 25.4 Å². The van der Waals surface area contributed by atoms with E-state index in [1.54, 1.807) is 7.11 Å². The Balaban J connectivity index is 1.70. The Bertz CT molecular complexity index is 770. The van der Waals surface area contributed by atoms with Gasteiger partial charge in [0.15, 0.2) is 0 Å². The standard InChI is InChI=1S/C20H28ClN5O/c1-24(2)20-22-11-10-18(23-20)25(3)16-8-6-12-26(14-16)13-15-7-5-9-17(27-4)19(15)21/h5,7,9-11,16H,6,8,12-14H2,1-4H3. The van der Waals surface area contributed by atoms with Gasteiger partial charge in [0.1, 0.15) is 11.6 Å². The predicted octanol–water partition coefficient (Wildman–Crippen LogP) is 3.31. The minimum absolute atomic E-state index is 0.410. The molecule has 0 aliphatic carbocycles. The molecule has 1 saturated heterocycles. The van der Waals surface area contributed by atoms with E-state index in [4.69, 9.17) is 16.3 Å². The van der Waals surface area contributed by atoms with E-state index in [0.717, 1.165) is 55.6 Å². The molecule has 3 rings (SSSR count). The van der Waals surface area contributed by atoms with Crippen molar-refractivity contribution in [1.82, 2.24) is 14.9 Å². The molecule has 1 fully saturated rings. The second-order valence-corrected chi connectivity index (χ2v) is 7.56. The highest BCUT2D eigenvalue weighted by molar-refractivity contribution is 6.32. The summed E-state index contributed by atoms with van der Waals surface area (Å²) < 4.78 is 5.35. The van der Waals surface area contributed by atoms with Gasteiger partial charge in [0, 0.05) is 46.5 Å². The van der Waals surface area contributed by atoms with Crippen molar-refractivity contribution < 1.29 is 4.74 Å². The third kappa shape index (κ3) is 4.62. The highest BCUT2D eigenvalue weighted by Gasteiger charge is 2.25. The summed E-state index contributed by atoms with van der Waals surface area (Å²) in [6.07, 6.45) is 4.13. The minimum Gasteiger partial charge on any atom is -0.495 e. The highest BCUT2D eigenvalue weighted by Crippen LogP contribution is 2.30. The van der Waals surface area contributed by atoms with Gasteiger partial charge in [-0.3, -0.25) is 4.90 Å². The Hall–Kier alpha value is -2.05. The van der Waals surface area contributed by atoms with Crippen LogP contribution >= 0.6 is 11.6 Å². The molecule has 2 aromatic rings. The van der Waals surface area contributed by atoms with Gasteiger partial charge in [-0.25, -0.2) is 4.98 Å². The van der Waals surface area contributed by atoms with Gasteiger partial charge in [0.05, 0.1) is 12.1 Å². The van der Waals surface area contributed by atoms with Crippen LogP contribution in [0.2, 0.25) is 5.02 Å². The Morgan fingerprint density at radius 3 is 2.81 bits per heavy atom. The molecule has 0 N–H and O–H groups in total. The summed E-state index contributed by atoms with van der Waals surface area (Å²) in [6, 6.07) is 8.36. The number of methoxy groups -OCH3 is 1. The average Bonchev–Trinajstić information content (AvgIpc) is 2.69. The van der Waals surface area contributed by atoms with Gasteiger partial charge in [-0.1, -0.05) is 23.7 Å². The Morgan fingerprint density at radius 1 is 1.26 bits per heavy atom. The van der Waals surface area contributed by atoms with Crippen molar-refractivity contribution in [3.63, 3.8) is 0 Å². The topological polar surface area (TPSA) is 44.7 Å². The fourth-order valence-corrected chi connectivity index (χ4v) is 3.77. The fraction of sp³-hybridized carbons (Fsp3) is 0.500. The zero-order valence-electron chi connectivity index (χ0n) is 16.5. The molecule has 0 bridgehead atoms. The lowest BCUT2D eigenvalue weighted by Gasteiger charge is -2.38. The van der Waals surface area contributed by atoms with Crippen LogP contribution in [0.1, 0.15) is 18.4 Å². The molecule has 2 heterocycles. The van der Waals surface area contributed by atoms with E-state index in [9.17, 15) is 0 Å². The maximum Gasteiger partial charge on any atom is 0.226 e. The number of nitrogens with zero attached hydrogens (tertiary/aromatic N) is 5. The smallest absolute Gasteiger partial charge is 0.226 e. The van der Waals surface area contributed by atoms with E-state index < -0.39 is 0 Å². The largest absolute Gasteiger partial charge is 0.495 e. The summed E-state index contributed by atoms with van der Waals surface area (Å²) >= 11 is 6.49. The van der Waals surface area contributed by atoms with Gasteiger partial charge in [-0.15, -0.1) is 0 Å². The maximum atomic E-state index is 6.49. The summed E-state index contributed by atoms with van der Waals surface area (Å²) in [4.78, 5) is 15.6. The molecule has 1 aliphatic heterocycles. The van der Waals surface area contributed by atoms with Crippen molar-refractivity contribution in [3.05, 3.63) is 41.0 Å². The first kappa shape index (κ1) is 19.7. The van der Waals surface area contributed by atoms with Crippen LogP contribution in [0.5, 0.6) is 5.75 Å². The van der Waals surface area contributed by atoms with Crippen LogP contribution in [-0.2, 0) is 6.54 Å². The lowest BCUT2D eigenvalue weighted by Crippen LogP contribution is -2.46. The van der Waals surface area contributed by atoms with Crippen LogP contribution in [0.3, 0.4) is 0 Å². The molecule has 1 aromatic carbocycles.